The predicted octanol–water partition coefficient (Wildman–Crippen LogP) is 5.26. The fourth-order valence-corrected chi connectivity index (χ4v) is 4.69. The summed E-state index contributed by atoms with van der Waals surface area (Å²) in [5, 5.41) is 10.8. The number of hydrogen-bond donors (Lipinski definition) is 4. The first kappa shape index (κ1) is 25.7. The van der Waals surface area contributed by atoms with Crippen molar-refractivity contribution in [1.29, 1.82) is 0 Å². The third kappa shape index (κ3) is 5.47. The smallest absolute Gasteiger partial charge is 0.256 e. The van der Waals surface area contributed by atoms with Gasteiger partial charge in [-0.15, -0.1) is 0 Å². The highest BCUT2D eigenvalue weighted by Gasteiger charge is 2.20. The molecule has 1 amide bonds. The lowest BCUT2D eigenvalue weighted by Crippen LogP contribution is -2.31. The zero-order valence-corrected chi connectivity index (χ0v) is 22.9. The van der Waals surface area contributed by atoms with Gasteiger partial charge in [0.05, 0.1) is 0 Å². The van der Waals surface area contributed by atoms with Crippen molar-refractivity contribution in [2.24, 2.45) is 0 Å². The predicted molar refractivity (Wildman–Crippen MR) is 152 cm³/mol. The summed E-state index contributed by atoms with van der Waals surface area (Å²) < 4.78 is 0. The molecule has 5 rings (SSSR count). The Morgan fingerprint density at radius 2 is 1.87 bits per heavy atom. The second-order valence-corrected chi connectivity index (χ2v) is 11.3. The molecular formula is C29H36N8O. The van der Waals surface area contributed by atoms with Crippen LogP contribution < -0.4 is 16.0 Å². The zero-order valence-electron chi connectivity index (χ0n) is 22.9. The quantitative estimate of drug-likeness (QED) is 0.279. The SMILES string of the molecule is CC(C)NC(=O)c1cnc(Nc2ccc3c4c([nH]c3c2)CN(C)CC4)nc1Nc1ccnc(C(C)(C)C)c1. The van der Waals surface area contributed by atoms with Gasteiger partial charge in [0, 0.05) is 70.6 Å². The summed E-state index contributed by atoms with van der Waals surface area (Å²) in [6, 6.07) is 10.1. The molecule has 4 heterocycles. The van der Waals surface area contributed by atoms with Gasteiger partial charge in [-0.2, -0.15) is 4.98 Å². The summed E-state index contributed by atoms with van der Waals surface area (Å²) in [6.07, 6.45) is 4.37. The van der Waals surface area contributed by atoms with Gasteiger partial charge in [0.25, 0.3) is 5.91 Å². The maximum Gasteiger partial charge on any atom is 0.256 e. The van der Waals surface area contributed by atoms with Gasteiger partial charge in [-0.3, -0.25) is 9.78 Å². The van der Waals surface area contributed by atoms with E-state index in [1.807, 2.05) is 32.0 Å². The van der Waals surface area contributed by atoms with Crippen molar-refractivity contribution in [2.75, 3.05) is 24.2 Å². The van der Waals surface area contributed by atoms with Gasteiger partial charge < -0.3 is 25.8 Å². The molecule has 4 aromatic rings. The first-order valence-corrected chi connectivity index (χ1v) is 13.1. The summed E-state index contributed by atoms with van der Waals surface area (Å²) in [6.45, 7) is 12.2. The van der Waals surface area contributed by atoms with Gasteiger partial charge >= 0.3 is 0 Å². The number of carbonyl (C=O) groups excluding carboxylic acids is 1. The molecule has 1 aromatic carbocycles. The highest BCUT2D eigenvalue weighted by atomic mass is 16.1. The fraction of sp³-hybridized carbons (Fsp3) is 0.379. The number of rotatable bonds is 6. The molecule has 9 nitrogen and oxygen atoms in total. The third-order valence-corrected chi connectivity index (χ3v) is 6.67. The average Bonchev–Trinajstić information content (AvgIpc) is 3.20. The molecule has 9 heteroatoms. The molecule has 38 heavy (non-hydrogen) atoms. The topological polar surface area (TPSA) is 111 Å². The average molecular weight is 513 g/mol. The van der Waals surface area contributed by atoms with Gasteiger partial charge in [0.15, 0.2) is 0 Å². The van der Waals surface area contributed by atoms with Gasteiger partial charge in [0.1, 0.15) is 11.4 Å². The van der Waals surface area contributed by atoms with Crippen molar-refractivity contribution in [3.63, 3.8) is 0 Å². The normalized spacial score (nSPS) is 14.0. The summed E-state index contributed by atoms with van der Waals surface area (Å²) in [5.74, 6) is 0.586. The van der Waals surface area contributed by atoms with Crippen LogP contribution >= 0.6 is 0 Å². The molecule has 0 bridgehead atoms. The van der Waals surface area contributed by atoms with Crippen molar-refractivity contribution in [1.82, 2.24) is 30.2 Å². The maximum absolute atomic E-state index is 13.0. The van der Waals surface area contributed by atoms with E-state index in [9.17, 15) is 4.79 Å². The number of benzene rings is 1. The molecular weight excluding hydrogens is 476 g/mol. The van der Waals surface area contributed by atoms with E-state index in [0.29, 0.717) is 17.3 Å². The van der Waals surface area contributed by atoms with Crippen LogP contribution in [0.4, 0.5) is 23.1 Å². The first-order chi connectivity index (χ1) is 18.1. The second-order valence-electron chi connectivity index (χ2n) is 11.3. The Kier molecular flexibility index (Phi) is 6.79. The Labute approximate surface area is 223 Å². The van der Waals surface area contributed by atoms with Crippen LogP contribution in [0, 0.1) is 0 Å². The van der Waals surface area contributed by atoms with E-state index < -0.39 is 0 Å². The van der Waals surface area contributed by atoms with Gasteiger partial charge in [-0.25, -0.2) is 4.98 Å². The van der Waals surface area contributed by atoms with E-state index >= 15 is 0 Å². The van der Waals surface area contributed by atoms with Crippen molar-refractivity contribution in [3.05, 3.63) is 65.2 Å². The van der Waals surface area contributed by atoms with Crippen LogP contribution in [0.1, 0.15) is 61.9 Å². The van der Waals surface area contributed by atoms with E-state index in [4.69, 9.17) is 4.98 Å². The van der Waals surface area contributed by atoms with Crippen LogP contribution in [0.2, 0.25) is 0 Å². The summed E-state index contributed by atoms with van der Waals surface area (Å²) in [4.78, 5) is 32.5. The number of nitrogens with zero attached hydrogens (tertiary/aromatic N) is 4. The number of aromatic nitrogens is 4. The molecule has 0 atom stereocenters. The number of anilines is 4. The number of fused-ring (bicyclic) bond motifs is 3. The Balaban J connectivity index is 1.46. The fourth-order valence-electron chi connectivity index (χ4n) is 4.69. The molecule has 3 aromatic heterocycles. The molecule has 1 aliphatic rings. The Bertz CT molecular complexity index is 1480. The van der Waals surface area contributed by atoms with Crippen molar-refractivity contribution >= 4 is 40.0 Å². The minimum absolute atomic E-state index is 0.0142. The zero-order chi connectivity index (χ0) is 27.0. The molecule has 0 saturated carbocycles. The molecule has 0 unspecified atom stereocenters. The van der Waals surface area contributed by atoms with Crippen LogP contribution in [0.25, 0.3) is 10.9 Å². The summed E-state index contributed by atoms with van der Waals surface area (Å²) in [7, 11) is 2.14. The molecule has 0 spiro atoms. The molecule has 1 aliphatic heterocycles. The number of aromatic amines is 1. The van der Waals surface area contributed by atoms with Crippen LogP contribution in [-0.2, 0) is 18.4 Å². The minimum atomic E-state index is -0.234. The van der Waals surface area contributed by atoms with E-state index in [1.165, 1.54) is 16.6 Å². The van der Waals surface area contributed by atoms with E-state index in [0.717, 1.165) is 42.1 Å². The maximum atomic E-state index is 13.0. The van der Waals surface area contributed by atoms with Gasteiger partial charge in [-0.1, -0.05) is 26.8 Å². The first-order valence-electron chi connectivity index (χ1n) is 13.1. The molecule has 0 fully saturated rings. The molecule has 0 aliphatic carbocycles. The van der Waals surface area contributed by atoms with Crippen LogP contribution in [0.5, 0.6) is 0 Å². The number of amides is 1. The van der Waals surface area contributed by atoms with Gasteiger partial charge in [0.2, 0.25) is 5.95 Å². The summed E-state index contributed by atoms with van der Waals surface area (Å²) in [5.41, 5.74) is 6.64. The number of H-pyrrole nitrogens is 1. The third-order valence-electron chi connectivity index (χ3n) is 6.67. The monoisotopic (exact) mass is 512 g/mol. The Hall–Kier alpha value is -3.98. The number of pyridine rings is 1. The lowest BCUT2D eigenvalue weighted by Gasteiger charge is -2.22. The van der Waals surface area contributed by atoms with Crippen LogP contribution in [0.15, 0.2) is 42.7 Å². The van der Waals surface area contributed by atoms with Gasteiger partial charge in [-0.05, 0) is 57.1 Å². The molecule has 0 radical (unpaired) electrons. The Morgan fingerprint density at radius 3 is 2.63 bits per heavy atom. The standard InChI is InChI=1S/C29H36N8O/c1-17(2)32-27(38)22-15-31-28(36-26(22)33-19-9-11-30-25(14-19)29(3,4)5)34-18-7-8-20-21-10-12-37(6)16-24(21)35-23(20)13-18/h7-9,11,13-15,17,35H,10,12,16H2,1-6H3,(H,32,38)(H2,30,31,33,34,36). The lowest BCUT2D eigenvalue weighted by molar-refractivity contribution is 0.0943. The highest BCUT2D eigenvalue weighted by Crippen LogP contribution is 2.30. The van der Waals surface area contributed by atoms with E-state index in [-0.39, 0.29) is 17.4 Å². The van der Waals surface area contributed by atoms with E-state index in [1.54, 1.807) is 12.4 Å². The van der Waals surface area contributed by atoms with Crippen molar-refractivity contribution in [2.45, 2.75) is 59.0 Å². The minimum Gasteiger partial charge on any atom is -0.357 e. The Morgan fingerprint density at radius 1 is 1.08 bits per heavy atom. The number of hydrogen-bond acceptors (Lipinski definition) is 7. The van der Waals surface area contributed by atoms with Crippen molar-refractivity contribution < 1.29 is 4.79 Å². The number of nitrogens with one attached hydrogen (secondary N) is 4. The van der Waals surface area contributed by atoms with E-state index in [2.05, 4.69) is 75.8 Å². The van der Waals surface area contributed by atoms with Crippen LogP contribution in [-0.4, -0.2) is 50.4 Å². The number of likely N-dealkylation sites (N-methyl/N-ethyl adjacent to an activating group) is 1. The second kappa shape index (κ2) is 10.1. The molecule has 4 N–H and O–H groups in total. The number of carbonyl (C=O) groups is 1. The van der Waals surface area contributed by atoms with Crippen LogP contribution in [0.3, 0.4) is 0 Å². The van der Waals surface area contributed by atoms with Crippen molar-refractivity contribution in [3.8, 4) is 0 Å². The largest absolute Gasteiger partial charge is 0.357 e. The lowest BCUT2D eigenvalue weighted by atomic mass is 9.91. The summed E-state index contributed by atoms with van der Waals surface area (Å²) >= 11 is 0. The highest BCUT2D eigenvalue weighted by molar-refractivity contribution is 5.99. The molecule has 0 saturated heterocycles. The molecule has 198 valence electrons.